The molecule has 1 aromatic rings. The second kappa shape index (κ2) is 7.75. The first kappa shape index (κ1) is 17.0. The van der Waals surface area contributed by atoms with E-state index in [4.69, 9.17) is 14.2 Å². The smallest absolute Gasteiger partial charge is 0.166 e. The van der Waals surface area contributed by atoms with Crippen LogP contribution in [0.5, 0.6) is 5.75 Å². The van der Waals surface area contributed by atoms with Crippen LogP contribution in [0.4, 0.5) is 0 Å². The molecular weight excluding hydrogens is 280 g/mol. The number of hydrogen-bond donors (Lipinski definition) is 0. The molecule has 0 aromatic heterocycles. The molecule has 0 bridgehead atoms. The normalized spacial score (nSPS) is 18.1. The van der Waals surface area contributed by atoms with Crippen molar-refractivity contribution in [2.45, 2.75) is 45.8 Å². The van der Waals surface area contributed by atoms with Gasteiger partial charge in [-0.25, -0.2) is 0 Å². The van der Waals surface area contributed by atoms with Crippen LogP contribution in [0.1, 0.15) is 49.9 Å². The van der Waals surface area contributed by atoms with Crippen LogP contribution in [0.2, 0.25) is 0 Å². The van der Waals surface area contributed by atoms with Gasteiger partial charge in [0.1, 0.15) is 5.75 Å². The molecule has 0 spiro atoms. The highest BCUT2D eigenvalue weighted by atomic mass is 16.7. The highest BCUT2D eigenvalue weighted by molar-refractivity contribution is 5.98. The van der Waals surface area contributed by atoms with Gasteiger partial charge in [0.15, 0.2) is 12.1 Å². The van der Waals surface area contributed by atoms with E-state index in [9.17, 15) is 4.79 Å². The summed E-state index contributed by atoms with van der Waals surface area (Å²) in [6, 6.07) is 7.37. The van der Waals surface area contributed by atoms with Crippen LogP contribution >= 0.6 is 0 Å². The lowest BCUT2D eigenvalue weighted by molar-refractivity contribution is -0.224. The molecule has 1 heterocycles. The van der Waals surface area contributed by atoms with Crippen molar-refractivity contribution in [3.8, 4) is 5.75 Å². The Labute approximate surface area is 132 Å². The highest BCUT2D eigenvalue weighted by Crippen LogP contribution is 2.25. The Kier molecular flexibility index (Phi) is 5.98. The topological polar surface area (TPSA) is 44.8 Å². The zero-order valence-corrected chi connectivity index (χ0v) is 13.8. The Bertz CT molecular complexity index is 486. The van der Waals surface area contributed by atoms with E-state index in [1.165, 1.54) is 0 Å². The zero-order chi connectivity index (χ0) is 16.0. The van der Waals surface area contributed by atoms with Gasteiger partial charge in [0.2, 0.25) is 0 Å². The molecule has 1 aromatic carbocycles. The van der Waals surface area contributed by atoms with Crippen molar-refractivity contribution >= 4 is 5.78 Å². The molecule has 22 heavy (non-hydrogen) atoms. The van der Waals surface area contributed by atoms with Crippen molar-refractivity contribution in [2.75, 3.05) is 20.3 Å². The summed E-state index contributed by atoms with van der Waals surface area (Å²) < 4.78 is 16.6. The molecule has 0 N–H and O–H groups in total. The fraction of sp³-hybridized carbons (Fsp3) is 0.611. The molecule has 1 aliphatic heterocycles. The van der Waals surface area contributed by atoms with Crippen LogP contribution in [0, 0.1) is 5.41 Å². The van der Waals surface area contributed by atoms with Gasteiger partial charge in [0.25, 0.3) is 0 Å². The lowest BCUT2D eigenvalue weighted by atomic mass is 9.95. The number of para-hydroxylation sites is 1. The minimum atomic E-state index is -0.116. The summed E-state index contributed by atoms with van der Waals surface area (Å²) in [5, 5.41) is 0. The number of methoxy groups -OCH3 is 1. The average molecular weight is 306 g/mol. The fourth-order valence-electron chi connectivity index (χ4n) is 2.50. The van der Waals surface area contributed by atoms with Gasteiger partial charge in [-0.1, -0.05) is 26.0 Å². The molecule has 0 atom stereocenters. The van der Waals surface area contributed by atoms with Gasteiger partial charge in [0, 0.05) is 11.8 Å². The molecule has 4 nitrogen and oxygen atoms in total. The first-order valence-electron chi connectivity index (χ1n) is 7.91. The number of benzene rings is 1. The van der Waals surface area contributed by atoms with E-state index in [1.54, 1.807) is 7.11 Å². The van der Waals surface area contributed by atoms with Gasteiger partial charge in [-0.05, 0) is 31.4 Å². The van der Waals surface area contributed by atoms with Crippen LogP contribution in [-0.2, 0) is 9.47 Å². The van der Waals surface area contributed by atoms with Crippen LogP contribution in [-0.4, -0.2) is 32.4 Å². The SMILES string of the molecule is COc1ccccc1C(=O)CCCCC1OCC(C)(C)CO1. The van der Waals surface area contributed by atoms with Crippen LogP contribution in [0.25, 0.3) is 0 Å². The van der Waals surface area contributed by atoms with Crippen LogP contribution < -0.4 is 4.74 Å². The van der Waals surface area contributed by atoms with Crippen molar-refractivity contribution < 1.29 is 19.0 Å². The number of unbranched alkanes of at least 4 members (excludes halogenated alkanes) is 1. The van der Waals surface area contributed by atoms with Crippen molar-refractivity contribution in [1.29, 1.82) is 0 Å². The van der Waals surface area contributed by atoms with Crippen molar-refractivity contribution in [3.63, 3.8) is 0 Å². The second-order valence-electron chi connectivity index (χ2n) is 6.59. The van der Waals surface area contributed by atoms with E-state index in [-0.39, 0.29) is 17.5 Å². The Morgan fingerprint density at radius 2 is 1.91 bits per heavy atom. The predicted molar refractivity (Wildman–Crippen MR) is 85.3 cm³/mol. The van der Waals surface area contributed by atoms with Crippen LogP contribution in [0.3, 0.4) is 0 Å². The Balaban J connectivity index is 1.69. The molecule has 0 saturated carbocycles. The standard InChI is InChI=1S/C18H26O4/c1-18(2)12-21-17(22-13-18)11-7-5-9-15(19)14-8-4-6-10-16(14)20-3/h4,6,8,10,17H,5,7,9,11-13H2,1-3H3. The van der Waals surface area contributed by atoms with E-state index >= 15 is 0 Å². The van der Waals surface area contributed by atoms with Crippen molar-refractivity contribution in [3.05, 3.63) is 29.8 Å². The molecule has 1 aliphatic rings. The van der Waals surface area contributed by atoms with Gasteiger partial charge in [-0.2, -0.15) is 0 Å². The minimum Gasteiger partial charge on any atom is -0.496 e. The zero-order valence-electron chi connectivity index (χ0n) is 13.8. The monoisotopic (exact) mass is 306 g/mol. The highest BCUT2D eigenvalue weighted by Gasteiger charge is 2.27. The average Bonchev–Trinajstić information content (AvgIpc) is 2.52. The number of Topliss-reactive ketones (excluding diaryl/α,β-unsaturated/α-hetero) is 1. The van der Waals surface area contributed by atoms with Gasteiger partial charge in [0.05, 0.1) is 25.9 Å². The van der Waals surface area contributed by atoms with Gasteiger partial charge < -0.3 is 14.2 Å². The molecule has 0 unspecified atom stereocenters. The Morgan fingerprint density at radius 1 is 1.23 bits per heavy atom. The van der Waals surface area contributed by atoms with Crippen LogP contribution in [0.15, 0.2) is 24.3 Å². The third-order valence-electron chi connectivity index (χ3n) is 3.82. The maximum absolute atomic E-state index is 12.2. The summed E-state index contributed by atoms with van der Waals surface area (Å²) in [7, 11) is 1.59. The second-order valence-corrected chi connectivity index (χ2v) is 6.59. The quantitative estimate of drug-likeness (QED) is 0.567. The van der Waals surface area contributed by atoms with Gasteiger partial charge >= 0.3 is 0 Å². The molecule has 122 valence electrons. The number of carbonyl (C=O) groups is 1. The summed E-state index contributed by atoms with van der Waals surface area (Å²) in [4.78, 5) is 12.2. The van der Waals surface area contributed by atoms with E-state index in [2.05, 4.69) is 13.8 Å². The Hall–Kier alpha value is -1.39. The summed E-state index contributed by atoms with van der Waals surface area (Å²) >= 11 is 0. The molecule has 1 saturated heterocycles. The lowest BCUT2D eigenvalue weighted by Gasteiger charge is -2.34. The number of hydrogen-bond acceptors (Lipinski definition) is 4. The maximum atomic E-state index is 12.2. The van der Waals surface area contributed by atoms with Gasteiger partial charge in [-0.3, -0.25) is 4.79 Å². The maximum Gasteiger partial charge on any atom is 0.166 e. The van der Waals surface area contributed by atoms with E-state index in [0.29, 0.717) is 17.7 Å². The summed E-state index contributed by atoms with van der Waals surface area (Å²) in [6.07, 6.45) is 3.01. The number of carbonyl (C=O) groups excluding carboxylic acids is 1. The summed E-state index contributed by atoms with van der Waals surface area (Å²) in [5.74, 6) is 0.776. The number of ether oxygens (including phenoxy) is 3. The first-order valence-corrected chi connectivity index (χ1v) is 7.91. The van der Waals surface area contributed by atoms with Crippen molar-refractivity contribution in [2.24, 2.45) is 5.41 Å². The largest absolute Gasteiger partial charge is 0.496 e. The van der Waals surface area contributed by atoms with E-state index < -0.39 is 0 Å². The molecule has 0 amide bonds. The molecule has 0 radical (unpaired) electrons. The lowest BCUT2D eigenvalue weighted by Crippen LogP contribution is -2.37. The Morgan fingerprint density at radius 3 is 2.59 bits per heavy atom. The third-order valence-corrected chi connectivity index (χ3v) is 3.82. The minimum absolute atomic E-state index is 0.107. The number of ketones is 1. The molecule has 2 rings (SSSR count). The molecular formula is C18H26O4. The van der Waals surface area contributed by atoms with Crippen molar-refractivity contribution in [1.82, 2.24) is 0 Å². The van der Waals surface area contributed by atoms with E-state index in [0.717, 1.165) is 32.5 Å². The number of rotatable bonds is 7. The van der Waals surface area contributed by atoms with E-state index in [1.807, 2.05) is 24.3 Å². The first-order chi connectivity index (χ1) is 10.5. The fourth-order valence-corrected chi connectivity index (χ4v) is 2.50. The molecule has 0 aliphatic carbocycles. The summed E-state index contributed by atoms with van der Waals surface area (Å²) in [5.41, 5.74) is 0.771. The molecule has 4 heteroatoms. The third kappa shape index (κ3) is 4.82. The van der Waals surface area contributed by atoms with Gasteiger partial charge in [-0.15, -0.1) is 0 Å². The summed E-state index contributed by atoms with van der Waals surface area (Å²) in [6.45, 7) is 5.74. The molecule has 1 fully saturated rings. The predicted octanol–water partition coefficient (Wildman–Crippen LogP) is 3.84.